The van der Waals surface area contributed by atoms with Crippen LogP contribution in [0.25, 0.3) is 49.5 Å². The Morgan fingerprint density at radius 3 is 2.31 bits per heavy atom. The molecule has 0 aliphatic carbocycles. The van der Waals surface area contributed by atoms with Gasteiger partial charge in [0.2, 0.25) is 0 Å². The Morgan fingerprint density at radius 2 is 1.43 bits per heavy atom. The first-order chi connectivity index (χ1) is 17.3. The number of fused-ring (bicyclic) bond motifs is 10. The number of para-hydroxylation sites is 1. The van der Waals surface area contributed by atoms with E-state index < -0.39 is 0 Å². The molecule has 2 aliphatic heterocycles. The highest BCUT2D eigenvalue weighted by Gasteiger charge is 2.35. The molecule has 0 fully saturated rings. The fourth-order valence-electron chi connectivity index (χ4n) is 5.67. The summed E-state index contributed by atoms with van der Waals surface area (Å²) >= 11 is 0. The summed E-state index contributed by atoms with van der Waals surface area (Å²) in [5, 5.41) is 4.77. The number of nitrogens with zero attached hydrogens (tertiary/aromatic N) is 1. The maximum Gasteiger partial charge on any atom is 0.137 e. The van der Waals surface area contributed by atoms with E-state index in [1.807, 2.05) is 18.2 Å². The molecule has 0 N–H and O–H groups in total. The van der Waals surface area contributed by atoms with Gasteiger partial charge in [0.25, 0.3) is 0 Å². The molecule has 2 aliphatic rings. The van der Waals surface area contributed by atoms with Gasteiger partial charge in [-0.15, -0.1) is 0 Å². The Balaban J connectivity index is 1.49. The third-order valence-electron chi connectivity index (χ3n) is 7.27. The van der Waals surface area contributed by atoms with E-state index in [0.29, 0.717) is 0 Å². The van der Waals surface area contributed by atoms with E-state index in [0.717, 1.165) is 38.9 Å². The molecular formula is C33H19NO. The van der Waals surface area contributed by atoms with Crippen molar-refractivity contribution in [2.75, 3.05) is 4.90 Å². The van der Waals surface area contributed by atoms with Gasteiger partial charge in [-0.3, -0.25) is 0 Å². The van der Waals surface area contributed by atoms with Crippen LogP contribution in [0.4, 0.5) is 5.69 Å². The minimum absolute atomic E-state index is 0.0656. The molecule has 1 atom stereocenters. The summed E-state index contributed by atoms with van der Waals surface area (Å²) in [6, 6.07) is 36.5. The van der Waals surface area contributed by atoms with Crippen molar-refractivity contribution in [3.8, 4) is 23.0 Å². The summed E-state index contributed by atoms with van der Waals surface area (Å²) in [5.74, 6) is 6.86. The van der Waals surface area contributed by atoms with Crippen LogP contribution in [0.2, 0.25) is 0 Å². The van der Waals surface area contributed by atoms with Crippen LogP contribution in [-0.2, 0) is 0 Å². The molecule has 2 nitrogen and oxygen atoms in total. The number of hydrogen-bond donors (Lipinski definition) is 0. The van der Waals surface area contributed by atoms with Crippen molar-refractivity contribution in [3.63, 3.8) is 0 Å². The number of hydrogen-bond acceptors (Lipinski definition) is 2. The molecule has 3 heterocycles. The monoisotopic (exact) mass is 445 g/mol. The van der Waals surface area contributed by atoms with Crippen LogP contribution in [0.3, 0.4) is 0 Å². The first-order valence-electron chi connectivity index (χ1n) is 11.9. The molecule has 0 radical (unpaired) electrons. The Bertz CT molecular complexity index is 1910. The lowest BCUT2D eigenvalue weighted by molar-refractivity contribution is 0.668. The minimum atomic E-state index is -0.0656. The van der Waals surface area contributed by atoms with Gasteiger partial charge in [0.15, 0.2) is 0 Å². The van der Waals surface area contributed by atoms with E-state index in [-0.39, 0.29) is 6.04 Å². The van der Waals surface area contributed by atoms with Gasteiger partial charge >= 0.3 is 0 Å². The molecule has 0 amide bonds. The average Bonchev–Trinajstić information content (AvgIpc) is 3.29. The quantitative estimate of drug-likeness (QED) is 0.237. The fourth-order valence-corrected chi connectivity index (χ4v) is 5.67. The molecule has 0 spiro atoms. The lowest BCUT2D eigenvalue weighted by Gasteiger charge is -2.40. The second-order valence-corrected chi connectivity index (χ2v) is 9.21. The predicted octanol–water partition coefficient (Wildman–Crippen LogP) is 8.33. The van der Waals surface area contributed by atoms with E-state index in [4.69, 9.17) is 4.42 Å². The van der Waals surface area contributed by atoms with Gasteiger partial charge in [-0.05, 0) is 51.7 Å². The maximum absolute atomic E-state index is 6.32. The van der Waals surface area contributed by atoms with Gasteiger partial charge in [0, 0.05) is 28.5 Å². The topological polar surface area (TPSA) is 16.4 Å². The SMILES string of the molecule is C1#CC2c3cc4ccccc4cc3-c3cc4c(cc3N2C(c2ccccc2)=C1)oc1ccccc14. The third-order valence-corrected chi connectivity index (χ3v) is 7.27. The molecule has 1 unspecified atom stereocenters. The molecule has 0 saturated carbocycles. The zero-order valence-electron chi connectivity index (χ0n) is 18.8. The smallest absolute Gasteiger partial charge is 0.137 e. The van der Waals surface area contributed by atoms with Crippen molar-refractivity contribution in [2.24, 2.45) is 0 Å². The summed E-state index contributed by atoms with van der Waals surface area (Å²) in [7, 11) is 0. The van der Waals surface area contributed by atoms with Gasteiger partial charge in [0.05, 0.1) is 11.4 Å². The second-order valence-electron chi connectivity index (χ2n) is 9.21. The summed E-state index contributed by atoms with van der Waals surface area (Å²) in [4.78, 5) is 2.39. The van der Waals surface area contributed by atoms with Gasteiger partial charge in [-0.25, -0.2) is 0 Å². The zero-order valence-corrected chi connectivity index (χ0v) is 18.8. The summed E-state index contributed by atoms with van der Waals surface area (Å²) in [6.45, 7) is 0. The van der Waals surface area contributed by atoms with Crippen LogP contribution in [0.15, 0.2) is 114 Å². The van der Waals surface area contributed by atoms with E-state index >= 15 is 0 Å². The standard InChI is InChI=1S/C33H19NO/c1-2-9-21(10-3-1)29-14-8-15-30-26-18-23-12-5-4-11-22(23)17-25(26)27-19-28-24-13-6-7-16-32(24)35-33(28)20-31(27)34(29)30/h1-7,9-14,16-20,30H. The van der Waals surface area contributed by atoms with Crippen molar-refractivity contribution in [1.29, 1.82) is 0 Å². The summed E-state index contributed by atoms with van der Waals surface area (Å²) < 4.78 is 6.32. The lowest BCUT2D eigenvalue weighted by Crippen LogP contribution is -2.31. The number of anilines is 1. The highest BCUT2D eigenvalue weighted by atomic mass is 16.3. The van der Waals surface area contributed by atoms with Crippen LogP contribution >= 0.6 is 0 Å². The zero-order chi connectivity index (χ0) is 22.9. The predicted molar refractivity (Wildman–Crippen MR) is 144 cm³/mol. The Morgan fingerprint density at radius 1 is 0.657 bits per heavy atom. The summed E-state index contributed by atoms with van der Waals surface area (Å²) in [5.41, 5.74) is 8.93. The van der Waals surface area contributed by atoms with E-state index in [9.17, 15) is 0 Å². The molecule has 0 bridgehead atoms. The maximum atomic E-state index is 6.32. The van der Waals surface area contributed by atoms with Crippen LogP contribution < -0.4 is 4.90 Å². The Kier molecular flexibility index (Phi) is 3.67. The third kappa shape index (κ3) is 2.61. The van der Waals surface area contributed by atoms with Crippen molar-refractivity contribution < 1.29 is 4.42 Å². The van der Waals surface area contributed by atoms with Crippen molar-refractivity contribution in [3.05, 3.63) is 120 Å². The molecule has 5 aromatic carbocycles. The van der Waals surface area contributed by atoms with E-state index in [1.54, 1.807) is 0 Å². The second kappa shape index (κ2) is 6.88. The van der Waals surface area contributed by atoms with Gasteiger partial charge in [0.1, 0.15) is 17.2 Å². The lowest BCUT2D eigenvalue weighted by atomic mass is 9.84. The molecule has 6 aromatic rings. The molecule has 2 heteroatoms. The fraction of sp³-hybridized carbons (Fsp3) is 0.0303. The highest BCUT2D eigenvalue weighted by molar-refractivity contribution is 6.11. The molecule has 162 valence electrons. The first-order valence-corrected chi connectivity index (χ1v) is 11.9. The van der Waals surface area contributed by atoms with Gasteiger partial charge in [-0.1, -0.05) is 84.6 Å². The van der Waals surface area contributed by atoms with Crippen LogP contribution in [-0.4, -0.2) is 0 Å². The van der Waals surface area contributed by atoms with Crippen molar-refractivity contribution in [2.45, 2.75) is 6.04 Å². The van der Waals surface area contributed by atoms with E-state index in [1.165, 1.54) is 27.5 Å². The highest BCUT2D eigenvalue weighted by Crippen LogP contribution is 2.51. The van der Waals surface area contributed by atoms with Crippen LogP contribution in [0, 0.1) is 11.8 Å². The minimum Gasteiger partial charge on any atom is -0.456 e. The summed E-state index contributed by atoms with van der Waals surface area (Å²) in [6.07, 6.45) is 2.05. The van der Waals surface area contributed by atoms with Crippen molar-refractivity contribution in [1.82, 2.24) is 0 Å². The Hall–Kier alpha value is -4.74. The number of benzene rings is 5. The largest absolute Gasteiger partial charge is 0.456 e. The van der Waals surface area contributed by atoms with Crippen LogP contribution in [0.1, 0.15) is 17.2 Å². The number of rotatable bonds is 1. The van der Waals surface area contributed by atoms with Gasteiger partial charge in [-0.2, -0.15) is 0 Å². The molecular weight excluding hydrogens is 426 g/mol. The first kappa shape index (κ1) is 18.7. The molecule has 0 saturated heterocycles. The molecule has 35 heavy (non-hydrogen) atoms. The van der Waals surface area contributed by atoms with Gasteiger partial charge < -0.3 is 9.32 Å². The normalized spacial score (nSPS) is 15.8. The Labute approximate surface area is 202 Å². The van der Waals surface area contributed by atoms with Crippen LogP contribution in [0.5, 0.6) is 0 Å². The molecule has 8 rings (SSSR count). The average molecular weight is 446 g/mol. The van der Waals surface area contributed by atoms with Crippen molar-refractivity contribution >= 4 is 44.1 Å². The number of allylic oxidation sites excluding steroid dienone is 1. The molecule has 1 aromatic heterocycles. The van der Waals surface area contributed by atoms with E-state index in [2.05, 4.69) is 108 Å². The number of furan rings is 1.